The minimum Gasteiger partial charge on any atom is -0.456 e. The molecule has 0 spiro atoms. The fraction of sp³-hybridized carbons (Fsp3) is 0. The SMILES string of the molecule is C=C1/C=C\C=C/N(c2ccccc2)c2c1ccc1c2c2cc(-c3ccc4c(c3)c3cc5oc6ccccc6c5cc3n4-c3ccccc3)ccc2n1-c1ccccc1. The van der Waals surface area contributed by atoms with Crippen molar-refractivity contribution in [1.29, 1.82) is 0 Å². The van der Waals surface area contributed by atoms with E-state index in [-0.39, 0.29) is 0 Å². The second-order valence-electron chi connectivity index (χ2n) is 15.1. The molecular formula is C54H35N3O. The number of allylic oxidation sites excluding steroid dienone is 4. The van der Waals surface area contributed by atoms with E-state index in [2.05, 4.69) is 215 Å². The Morgan fingerprint density at radius 2 is 1.00 bits per heavy atom. The standard InChI is InChI=1S/C54H35N3O/c1-35-15-13-14-30-55(38-16-5-2-6-17-38)54-41(35)26-29-49-53(54)46-32-37(25-28-48(46)56(49)39-18-7-3-8-19-39)36-24-27-47-43(31-36)44-34-52-45(42-22-11-12-23-51(42)58-52)33-50(44)57(47)40-20-9-4-10-21-40/h2-34H,1H2/b15-13-,30-14-. The molecule has 0 atom stereocenters. The van der Waals surface area contributed by atoms with Crippen molar-refractivity contribution >= 4 is 82.5 Å². The molecule has 4 heterocycles. The smallest absolute Gasteiger partial charge is 0.136 e. The zero-order chi connectivity index (χ0) is 38.3. The number of aromatic nitrogens is 2. The Bertz CT molecular complexity index is 3510. The summed E-state index contributed by atoms with van der Waals surface area (Å²) in [6, 6.07) is 63.1. The topological polar surface area (TPSA) is 26.2 Å². The van der Waals surface area contributed by atoms with E-state index in [1.165, 1.54) is 16.2 Å². The molecule has 0 unspecified atom stereocenters. The molecule has 0 radical (unpaired) electrons. The van der Waals surface area contributed by atoms with Gasteiger partial charge in [-0.15, -0.1) is 0 Å². The van der Waals surface area contributed by atoms with Crippen molar-refractivity contribution in [1.82, 2.24) is 9.13 Å². The van der Waals surface area contributed by atoms with Crippen LogP contribution in [0.15, 0.2) is 211 Å². The van der Waals surface area contributed by atoms with Gasteiger partial charge >= 0.3 is 0 Å². The minimum absolute atomic E-state index is 0.895. The van der Waals surface area contributed by atoms with Gasteiger partial charge in [-0.3, -0.25) is 0 Å². The molecule has 1 aliphatic rings. The number of anilines is 2. The van der Waals surface area contributed by atoms with Crippen LogP contribution in [0.2, 0.25) is 0 Å². The van der Waals surface area contributed by atoms with E-state index < -0.39 is 0 Å². The second kappa shape index (κ2) is 12.6. The summed E-state index contributed by atoms with van der Waals surface area (Å²) in [6.07, 6.45) is 8.44. The molecule has 3 aromatic heterocycles. The van der Waals surface area contributed by atoms with Crippen LogP contribution in [0.4, 0.5) is 11.4 Å². The number of nitrogens with zero attached hydrogens (tertiary/aromatic N) is 3. The Kier molecular flexibility index (Phi) is 7.05. The Hall–Kier alpha value is -7.82. The van der Waals surface area contributed by atoms with Crippen LogP contribution < -0.4 is 4.90 Å². The van der Waals surface area contributed by atoms with Crippen LogP contribution in [0.5, 0.6) is 0 Å². The first-order chi connectivity index (χ1) is 28.7. The van der Waals surface area contributed by atoms with E-state index in [0.717, 1.165) is 94.4 Å². The summed E-state index contributed by atoms with van der Waals surface area (Å²) in [5, 5.41) is 6.94. The molecule has 0 amide bonds. The normalized spacial score (nSPS) is 14.1. The van der Waals surface area contributed by atoms with Crippen molar-refractivity contribution < 1.29 is 4.42 Å². The molecule has 0 N–H and O–H groups in total. The van der Waals surface area contributed by atoms with Crippen molar-refractivity contribution in [2.24, 2.45) is 0 Å². The molecule has 11 aromatic rings. The highest BCUT2D eigenvalue weighted by Crippen LogP contribution is 2.47. The average Bonchev–Trinajstić information content (AvgIpc) is 3.92. The summed E-state index contributed by atoms with van der Waals surface area (Å²) in [6.45, 7) is 4.55. The van der Waals surface area contributed by atoms with Gasteiger partial charge in [0.25, 0.3) is 0 Å². The largest absolute Gasteiger partial charge is 0.456 e. The first-order valence-electron chi connectivity index (χ1n) is 19.7. The van der Waals surface area contributed by atoms with Crippen LogP contribution >= 0.6 is 0 Å². The zero-order valence-electron chi connectivity index (χ0n) is 31.5. The lowest BCUT2D eigenvalue weighted by atomic mass is 9.96. The van der Waals surface area contributed by atoms with Crippen molar-refractivity contribution in [3.05, 3.63) is 212 Å². The van der Waals surface area contributed by atoms with Crippen molar-refractivity contribution in [2.75, 3.05) is 4.90 Å². The summed E-state index contributed by atoms with van der Waals surface area (Å²) in [4.78, 5) is 2.32. The minimum atomic E-state index is 0.895. The lowest BCUT2D eigenvalue weighted by Gasteiger charge is -2.26. The van der Waals surface area contributed by atoms with Crippen LogP contribution in [-0.2, 0) is 0 Å². The predicted octanol–water partition coefficient (Wildman–Crippen LogP) is 14.7. The van der Waals surface area contributed by atoms with Gasteiger partial charge < -0.3 is 18.5 Å². The van der Waals surface area contributed by atoms with Gasteiger partial charge in [-0.25, -0.2) is 0 Å². The summed E-state index contributed by atoms with van der Waals surface area (Å²) in [5.41, 5.74) is 15.2. The van der Waals surface area contributed by atoms with Gasteiger partial charge in [-0.2, -0.15) is 0 Å². The van der Waals surface area contributed by atoms with E-state index in [9.17, 15) is 0 Å². The number of furan rings is 1. The number of hydrogen-bond donors (Lipinski definition) is 0. The summed E-state index contributed by atoms with van der Waals surface area (Å²) < 4.78 is 11.2. The van der Waals surface area contributed by atoms with Crippen molar-refractivity contribution in [2.45, 2.75) is 0 Å². The number of benzene rings is 8. The van der Waals surface area contributed by atoms with Crippen LogP contribution in [0, 0.1) is 0 Å². The maximum absolute atomic E-state index is 6.45. The van der Waals surface area contributed by atoms with Gasteiger partial charge in [0, 0.05) is 61.1 Å². The first kappa shape index (κ1) is 32.4. The van der Waals surface area contributed by atoms with Crippen LogP contribution in [0.25, 0.3) is 93.6 Å². The molecule has 0 saturated heterocycles. The molecule has 272 valence electrons. The fourth-order valence-electron chi connectivity index (χ4n) is 9.19. The van der Waals surface area contributed by atoms with E-state index in [0.29, 0.717) is 0 Å². The average molecular weight is 742 g/mol. The maximum atomic E-state index is 6.45. The number of para-hydroxylation sites is 4. The highest BCUT2D eigenvalue weighted by Gasteiger charge is 2.24. The predicted molar refractivity (Wildman–Crippen MR) is 244 cm³/mol. The zero-order valence-corrected chi connectivity index (χ0v) is 31.5. The number of hydrogen-bond acceptors (Lipinski definition) is 2. The lowest BCUT2D eigenvalue weighted by molar-refractivity contribution is 0.669. The molecule has 4 heteroatoms. The highest BCUT2D eigenvalue weighted by atomic mass is 16.3. The van der Waals surface area contributed by atoms with Crippen LogP contribution in [-0.4, -0.2) is 9.13 Å². The monoisotopic (exact) mass is 741 g/mol. The Morgan fingerprint density at radius 1 is 0.414 bits per heavy atom. The molecule has 8 aromatic carbocycles. The summed E-state index contributed by atoms with van der Waals surface area (Å²) in [7, 11) is 0. The van der Waals surface area contributed by atoms with Crippen LogP contribution in [0.1, 0.15) is 5.56 Å². The third kappa shape index (κ3) is 4.82. The third-order valence-electron chi connectivity index (χ3n) is 11.8. The second-order valence-corrected chi connectivity index (χ2v) is 15.1. The fourth-order valence-corrected chi connectivity index (χ4v) is 9.19. The number of fused-ring (bicyclic) bond motifs is 11. The third-order valence-corrected chi connectivity index (χ3v) is 11.8. The molecule has 4 nitrogen and oxygen atoms in total. The molecule has 0 bridgehead atoms. The van der Waals surface area contributed by atoms with Gasteiger partial charge in [-0.1, -0.05) is 110 Å². The van der Waals surface area contributed by atoms with Gasteiger partial charge in [-0.05, 0) is 108 Å². The summed E-state index contributed by atoms with van der Waals surface area (Å²) in [5.74, 6) is 0. The summed E-state index contributed by atoms with van der Waals surface area (Å²) >= 11 is 0. The van der Waals surface area contributed by atoms with E-state index in [4.69, 9.17) is 4.42 Å². The van der Waals surface area contributed by atoms with Crippen molar-refractivity contribution in [3.63, 3.8) is 0 Å². The van der Waals surface area contributed by atoms with E-state index >= 15 is 0 Å². The Labute approximate surface area is 334 Å². The van der Waals surface area contributed by atoms with E-state index in [1.54, 1.807) is 0 Å². The lowest BCUT2D eigenvalue weighted by Crippen LogP contribution is -2.11. The van der Waals surface area contributed by atoms with Gasteiger partial charge in [0.2, 0.25) is 0 Å². The first-order valence-corrected chi connectivity index (χ1v) is 19.7. The molecule has 0 fully saturated rings. The van der Waals surface area contributed by atoms with Crippen molar-refractivity contribution in [3.8, 4) is 22.5 Å². The molecular weight excluding hydrogens is 707 g/mol. The molecule has 58 heavy (non-hydrogen) atoms. The molecule has 0 aliphatic carbocycles. The highest BCUT2D eigenvalue weighted by molar-refractivity contribution is 6.20. The van der Waals surface area contributed by atoms with Gasteiger partial charge in [0.15, 0.2) is 0 Å². The maximum Gasteiger partial charge on any atom is 0.136 e. The van der Waals surface area contributed by atoms with Gasteiger partial charge in [0.1, 0.15) is 11.2 Å². The van der Waals surface area contributed by atoms with Crippen LogP contribution in [0.3, 0.4) is 0 Å². The quantitative estimate of drug-likeness (QED) is 0.180. The van der Waals surface area contributed by atoms with Gasteiger partial charge in [0.05, 0.1) is 27.8 Å². The number of rotatable bonds is 4. The Morgan fingerprint density at radius 3 is 1.72 bits per heavy atom. The molecule has 0 saturated carbocycles. The Balaban J connectivity index is 1.14. The molecule has 1 aliphatic heterocycles. The van der Waals surface area contributed by atoms with E-state index in [1.807, 2.05) is 6.07 Å². The molecule has 12 rings (SSSR count).